The Morgan fingerprint density at radius 1 is 1.20 bits per heavy atom. The van der Waals surface area contributed by atoms with Gasteiger partial charge in [-0.05, 0) is 76.9 Å². The van der Waals surface area contributed by atoms with Crippen molar-refractivity contribution in [1.82, 2.24) is 35.7 Å². The van der Waals surface area contributed by atoms with Gasteiger partial charge in [0.2, 0.25) is 5.91 Å². The Balaban J connectivity index is 1.56. The van der Waals surface area contributed by atoms with E-state index in [1.165, 1.54) is 24.2 Å². The van der Waals surface area contributed by atoms with Gasteiger partial charge in [-0.3, -0.25) is 14.9 Å². The number of anilines is 1. The van der Waals surface area contributed by atoms with Crippen molar-refractivity contribution < 1.29 is 14.3 Å². The van der Waals surface area contributed by atoms with Crippen LogP contribution in [-0.2, 0) is 9.53 Å². The van der Waals surface area contributed by atoms with Crippen LogP contribution in [0, 0.1) is 0 Å². The highest BCUT2D eigenvalue weighted by Crippen LogP contribution is 2.24. The summed E-state index contributed by atoms with van der Waals surface area (Å²) >= 11 is 7.80. The fourth-order valence-electron chi connectivity index (χ4n) is 3.77. The van der Waals surface area contributed by atoms with Crippen LogP contribution >= 0.6 is 23.4 Å². The van der Waals surface area contributed by atoms with Crippen LogP contribution in [-0.4, -0.2) is 61.5 Å². The first-order chi connectivity index (χ1) is 19.4. The number of aromatic amines is 1. The van der Waals surface area contributed by atoms with Crippen molar-refractivity contribution in [1.29, 1.82) is 0 Å². The number of rotatable bonds is 10. The van der Waals surface area contributed by atoms with E-state index < -0.39 is 12.1 Å². The molecule has 0 aliphatic carbocycles. The average molecular weight is 581 g/mol. The number of aromatic nitrogens is 6. The van der Waals surface area contributed by atoms with Crippen LogP contribution in [0.5, 0.6) is 0 Å². The molecule has 4 aromatic rings. The molecule has 1 atom stereocenters. The molecule has 0 bridgehead atoms. The van der Waals surface area contributed by atoms with Gasteiger partial charge in [0.15, 0.2) is 0 Å². The van der Waals surface area contributed by atoms with E-state index in [1.54, 1.807) is 66.4 Å². The lowest BCUT2D eigenvalue weighted by Crippen LogP contribution is -2.29. The minimum Gasteiger partial charge on any atom is -0.453 e. The molecule has 12 nitrogen and oxygen atoms in total. The Kier molecular flexibility index (Phi) is 9.65. The number of halogens is 1. The van der Waals surface area contributed by atoms with E-state index >= 15 is 0 Å². The maximum Gasteiger partial charge on any atom is 0.411 e. The van der Waals surface area contributed by atoms with E-state index in [1.807, 2.05) is 6.26 Å². The van der Waals surface area contributed by atoms with Crippen molar-refractivity contribution in [3.8, 4) is 16.8 Å². The number of nitrogens with one attached hydrogen (secondary N) is 3. The number of hydrogen-bond donors (Lipinski definition) is 3. The summed E-state index contributed by atoms with van der Waals surface area (Å²) in [5.41, 5.74) is 2.91. The van der Waals surface area contributed by atoms with E-state index in [0.29, 0.717) is 45.2 Å². The largest absolute Gasteiger partial charge is 0.453 e. The zero-order chi connectivity index (χ0) is 28.5. The fourth-order valence-corrected chi connectivity index (χ4v) is 4.42. The summed E-state index contributed by atoms with van der Waals surface area (Å²) in [5.74, 6) is 0.387. The highest BCUT2D eigenvalue weighted by Gasteiger charge is 2.18. The van der Waals surface area contributed by atoms with Gasteiger partial charge in [0.1, 0.15) is 6.33 Å². The number of ether oxygens (including phenoxy) is 1. The highest BCUT2D eigenvalue weighted by molar-refractivity contribution is 7.98. The summed E-state index contributed by atoms with van der Waals surface area (Å²) in [6.07, 6.45) is 6.41. The minimum absolute atomic E-state index is 0.360. The summed E-state index contributed by atoms with van der Waals surface area (Å²) in [4.78, 5) is 37.1. The molecule has 4 rings (SSSR count). The normalized spacial score (nSPS) is 11.8. The van der Waals surface area contributed by atoms with Crippen molar-refractivity contribution in [2.24, 2.45) is 0 Å². The van der Waals surface area contributed by atoms with Crippen LogP contribution in [0.15, 0.2) is 65.7 Å². The minimum atomic E-state index is -0.597. The lowest BCUT2D eigenvalue weighted by molar-refractivity contribution is -0.117. The lowest BCUT2D eigenvalue weighted by atomic mass is 10.0. The number of amides is 2. The Bertz CT molecular complexity index is 1560. The summed E-state index contributed by atoms with van der Waals surface area (Å²) in [6, 6.07) is 13.1. The second kappa shape index (κ2) is 13.5. The number of carbonyl (C=O) groups excluding carboxylic acids is 2. The molecule has 2 aromatic carbocycles. The molecule has 2 aromatic heterocycles. The van der Waals surface area contributed by atoms with Gasteiger partial charge in [-0.2, -0.15) is 21.5 Å². The number of H-pyrrole nitrogens is 1. The van der Waals surface area contributed by atoms with Gasteiger partial charge >= 0.3 is 6.09 Å². The van der Waals surface area contributed by atoms with Crippen LogP contribution in [0.3, 0.4) is 0 Å². The van der Waals surface area contributed by atoms with E-state index in [-0.39, 0.29) is 11.5 Å². The first-order valence-electron chi connectivity index (χ1n) is 11.9. The number of carbonyl (C=O) groups is 2. The van der Waals surface area contributed by atoms with Crippen molar-refractivity contribution in [3.63, 3.8) is 0 Å². The molecule has 2 heterocycles. The summed E-state index contributed by atoms with van der Waals surface area (Å²) in [6.45, 7) is 0. The molecular formula is C26H25ClN8O4S. The van der Waals surface area contributed by atoms with Crippen LogP contribution < -0.4 is 16.2 Å². The van der Waals surface area contributed by atoms with Crippen LogP contribution in [0.1, 0.15) is 23.7 Å². The van der Waals surface area contributed by atoms with Crippen LogP contribution in [0.25, 0.3) is 22.9 Å². The molecule has 0 fully saturated rings. The van der Waals surface area contributed by atoms with E-state index in [4.69, 9.17) is 11.6 Å². The van der Waals surface area contributed by atoms with Gasteiger partial charge < -0.3 is 10.1 Å². The van der Waals surface area contributed by atoms with Gasteiger partial charge in [-0.15, -0.1) is 5.10 Å². The lowest BCUT2D eigenvalue weighted by Gasteiger charge is -2.17. The molecule has 0 aliphatic heterocycles. The maximum absolute atomic E-state index is 13.0. The second-order valence-electron chi connectivity index (χ2n) is 8.36. The summed E-state index contributed by atoms with van der Waals surface area (Å²) in [5, 5.41) is 24.0. The Morgan fingerprint density at radius 2 is 2.00 bits per heavy atom. The van der Waals surface area contributed by atoms with Gasteiger partial charge in [0, 0.05) is 22.3 Å². The fraction of sp³-hybridized carbons (Fsp3) is 0.192. The first kappa shape index (κ1) is 28.5. The molecule has 1 unspecified atom stereocenters. The molecule has 0 radical (unpaired) electrons. The second-order valence-corrected chi connectivity index (χ2v) is 9.79. The summed E-state index contributed by atoms with van der Waals surface area (Å²) < 4.78 is 6.07. The molecule has 206 valence electrons. The molecular weight excluding hydrogens is 556 g/mol. The first-order valence-corrected chi connectivity index (χ1v) is 13.7. The third kappa shape index (κ3) is 7.33. The molecule has 0 aliphatic rings. The molecule has 14 heteroatoms. The quantitative estimate of drug-likeness (QED) is 0.237. The third-order valence-corrected chi connectivity index (χ3v) is 6.61. The average Bonchev–Trinajstić information content (AvgIpc) is 3.50. The number of hydrogen-bond acceptors (Lipinski definition) is 9. The predicted molar refractivity (Wildman–Crippen MR) is 153 cm³/mol. The van der Waals surface area contributed by atoms with Gasteiger partial charge in [0.25, 0.3) is 5.56 Å². The Morgan fingerprint density at radius 3 is 2.70 bits per heavy atom. The zero-order valence-corrected chi connectivity index (χ0v) is 23.1. The number of thioether (sulfide) groups is 1. The third-order valence-electron chi connectivity index (χ3n) is 5.73. The molecule has 3 N–H and O–H groups in total. The van der Waals surface area contributed by atoms with E-state index in [9.17, 15) is 14.4 Å². The van der Waals surface area contributed by atoms with Crippen molar-refractivity contribution >= 4 is 47.1 Å². The number of nitrogens with zero attached hydrogens (tertiary/aromatic N) is 5. The molecule has 2 amide bonds. The van der Waals surface area contributed by atoms with Gasteiger partial charge in [0.05, 0.1) is 30.1 Å². The number of tetrazole rings is 1. The Labute approximate surface area is 238 Å². The van der Waals surface area contributed by atoms with Gasteiger partial charge in [-0.25, -0.2) is 9.89 Å². The van der Waals surface area contributed by atoms with Crippen molar-refractivity contribution in [3.05, 3.63) is 87.6 Å². The smallest absolute Gasteiger partial charge is 0.411 e. The van der Waals surface area contributed by atoms with Gasteiger partial charge in [-0.1, -0.05) is 23.7 Å². The number of benzene rings is 2. The topological polar surface area (TPSA) is 157 Å². The standard InChI is InChI=1S/C26H25ClN8O4S/c1-39-26(38)29-19-7-3-16(4-8-19)20-14-22(31-32-25(20)37)21(11-12-40-2)30-24(36)10-5-17-13-18(27)6-9-23(17)35-15-28-33-34-35/h3-10,13-15,21H,11-12H2,1-2H3,(H,29,38)(H,30,36)(H,32,37)/b10-5+. The number of methoxy groups -OCH3 is 1. The van der Waals surface area contributed by atoms with Crippen molar-refractivity contribution in [2.75, 3.05) is 24.4 Å². The monoisotopic (exact) mass is 580 g/mol. The zero-order valence-electron chi connectivity index (χ0n) is 21.5. The van der Waals surface area contributed by atoms with Crippen LogP contribution in [0.2, 0.25) is 5.02 Å². The predicted octanol–water partition coefficient (Wildman–Crippen LogP) is 3.87. The van der Waals surface area contributed by atoms with Crippen LogP contribution in [0.4, 0.5) is 10.5 Å². The van der Waals surface area contributed by atoms with Crippen molar-refractivity contribution in [2.45, 2.75) is 12.5 Å². The molecule has 0 saturated carbocycles. The molecule has 0 spiro atoms. The highest BCUT2D eigenvalue weighted by atomic mass is 35.5. The molecule has 40 heavy (non-hydrogen) atoms. The maximum atomic E-state index is 13.0. The SMILES string of the molecule is COC(=O)Nc1ccc(-c2cc(C(CCSC)NC(=O)/C=C/c3cc(Cl)ccc3-n3cnnn3)n[nH]c2=O)cc1. The Hall–Kier alpha value is -4.49. The van der Waals surface area contributed by atoms with E-state index in [0.717, 1.165) is 5.75 Å². The summed E-state index contributed by atoms with van der Waals surface area (Å²) in [7, 11) is 1.27. The van der Waals surface area contributed by atoms with E-state index in [2.05, 4.69) is 41.1 Å². The molecule has 0 saturated heterocycles.